The van der Waals surface area contributed by atoms with E-state index in [1.165, 1.54) is 5.69 Å². The summed E-state index contributed by atoms with van der Waals surface area (Å²) in [6, 6.07) is 10.7. The molecular formula is C15H22N4. The van der Waals surface area contributed by atoms with Crippen molar-refractivity contribution in [2.75, 3.05) is 11.9 Å². The molecule has 0 saturated carbocycles. The van der Waals surface area contributed by atoms with Gasteiger partial charge in [-0.3, -0.25) is 4.68 Å². The number of para-hydroxylation sites is 1. The molecule has 102 valence electrons. The van der Waals surface area contributed by atoms with E-state index in [1.54, 1.807) is 0 Å². The summed E-state index contributed by atoms with van der Waals surface area (Å²) in [5.74, 6) is 0. The highest BCUT2D eigenvalue weighted by atomic mass is 15.3. The highest BCUT2D eigenvalue weighted by Crippen LogP contribution is 2.20. The second-order valence-electron chi connectivity index (χ2n) is 5.07. The molecule has 0 saturated heterocycles. The SMILES string of the molecule is CC(C)n1ccc(CN(C)c2ccccc2CN)n1. The second-order valence-corrected chi connectivity index (χ2v) is 5.07. The Morgan fingerprint density at radius 3 is 2.63 bits per heavy atom. The fourth-order valence-corrected chi connectivity index (χ4v) is 2.13. The van der Waals surface area contributed by atoms with Gasteiger partial charge in [0, 0.05) is 31.5 Å². The van der Waals surface area contributed by atoms with Crippen LogP contribution >= 0.6 is 0 Å². The van der Waals surface area contributed by atoms with Gasteiger partial charge in [-0.2, -0.15) is 5.10 Å². The summed E-state index contributed by atoms with van der Waals surface area (Å²) >= 11 is 0. The maximum atomic E-state index is 5.78. The molecule has 0 aliphatic carbocycles. The van der Waals surface area contributed by atoms with E-state index in [1.807, 2.05) is 23.0 Å². The third kappa shape index (κ3) is 3.15. The fraction of sp³-hybridized carbons (Fsp3) is 0.400. The van der Waals surface area contributed by atoms with E-state index in [9.17, 15) is 0 Å². The largest absolute Gasteiger partial charge is 0.368 e. The molecule has 0 unspecified atom stereocenters. The Labute approximate surface area is 114 Å². The number of benzene rings is 1. The number of aromatic nitrogens is 2. The topological polar surface area (TPSA) is 47.1 Å². The molecule has 2 rings (SSSR count). The van der Waals surface area contributed by atoms with Crippen LogP contribution in [0.3, 0.4) is 0 Å². The first-order chi connectivity index (χ1) is 9.11. The minimum atomic E-state index is 0.399. The van der Waals surface area contributed by atoms with Crippen LogP contribution < -0.4 is 10.6 Å². The van der Waals surface area contributed by atoms with Gasteiger partial charge in [0.05, 0.1) is 12.2 Å². The van der Waals surface area contributed by atoms with Crippen molar-refractivity contribution >= 4 is 5.69 Å². The Bertz CT molecular complexity index is 530. The molecular weight excluding hydrogens is 236 g/mol. The molecule has 2 aromatic rings. The summed E-state index contributed by atoms with van der Waals surface area (Å²) in [6.45, 7) is 5.60. The molecule has 0 bridgehead atoms. The summed E-state index contributed by atoms with van der Waals surface area (Å²) in [6.07, 6.45) is 2.03. The van der Waals surface area contributed by atoms with E-state index in [0.717, 1.165) is 17.8 Å². The van der Waals surface area contributed by atoms with Crippen molar-refractivity contribution in [2.45, 2.75) is 33.0 Å². The Morgan fingerprint density at radius 1 is 1.26 bits per heavy atom. The van der Waals surface area contributed by atoms with Crippen molar-refractivity contribution in [3.8, 4) is 0 Å². The van der Waals surface area contributed by atoms with Crippen molar-refractivity contribution in [3.63, 3.8) is 0 Å². The van der Waals surface area contributed by atoms with Crippen LogP contribution in [-0.2, 0) is 13.1 Å². The van der Waals surface area contributed by atoms with Crippen LogP contribution in [0, 0.1) is 0 Å². The lowest BCUT2D eigenvalue weighted by Gasteiger charge is -2.21. The van der Waals surface area contributed by atoms with Gasteiger partial charge in [0.25, 0.3) is 0 Å². The predicted octanol–water partition coefficient (Wildman–Crippen LogP) is 2.56. The van der Waals surface area contributed by atoms with E-state index in [2.05, 4.69) is 49.1 Å². The number of nitrogens with zero attached hydrogens (tertiary/aromatic N) is 3. The van der Waals surface area contributed by atoms with E-state index in [4.69, 9.17) is 5.73 Å². The van der Waals surface area contributed by atoms with E-state index in [0.29, 0.717) is 12.6 Å². The lowest BCUT2D eigenvalue weighted by Crippen LogP contribution is -2.19. The van der Waals surface area contributed by atoms with E-state index < -0.39 is 0 Å². The maximum absolute atomic E-state index is 5.78. The fourth-order valence-electron chi connectivity index (χ4n) is 2.13. The monoisotopic (exact) mass is 258 g/mol. The number of rotatable bonds is 5. The Morgan fingerprint density at radius 2 is 2.00 bits per heavy atom. The zero-order chi connectivity index (χ0) is 13.8. The lowest BCUT2D eigenvalue weighted by atomic mass is 10.1. The van der Waals surface area contributed by atoms with E-state index >= 15 is 0 Å². The molecule has 1 aromatic heterocycles. The first kappa shape index (κ1) is 13.6. The molecule has 19 heavy (non-hydrogen) atoms. The summed E-state index contributed by atoms with van der Waals surface area (Å²) < 4.78 is 1.98. The molecule has 1 heterocycles. The molecule has 1 aromatic carbocycles. The molecule has 4 heteroatoms. The van der Waals surface area contributed by atoms with Crippen molar-refractivity contribution in [1.82, 2.24) is 9.78 Å². The molecule has 2 N–H and O–H groups in total. The molecule has 0 spiro atoms. The van der Waals surface area contributed by atoms with Gasteiger partial charge < -0.3 is 10.6 Å². The van der Waals surface area contributed by atoms with Gasteiger partial charge in [-0.15, -0.1) is 0 Å². The second kappa shape index (κ2) is 5.89. The van der Waals surface area contributed by atoms with Gasteiger partial charge in [0.1, 0.15) is 0 Å². The normalized spacial score (nSPS) is 11.0. The minimum absolute atomic E-state index is 0.399. The van der Waals surface area contributed by atoms with Crippen LogP contribution in [-0.4, -0.2) is 16.8 Å². The highest BCUT2D eigenvalue weighted by molar-refractivity contribution is 5.53. The molecule has 0 amide bonds. The van der Waals surface area contributed by atoms with Crippen molar-refractivity contribution in [1.29, 1.82) is 0 Å². The molecule has 0 aliphatic heterocycles. The molecule has 0 fully saturated rings. The lowest BCUT2D eigenvalue weighted by molar-refractivity contribution is 0.526. The van der Waals surface area contributed by atoms with Gasteiger partial charge >= 0.3 is 0 Å². The number of nitrogens with two attached hydrogens (primary N) is 1. The third-order valence-electron chi connectivity index (χ3n) is 3.21. The molecule has 0 aliphatic rings. The van der Waals surface area contributed by atoms with Gasteiger partial charge in [-0.05, 0) is 31.5 Å². The van der Waals surface area contributed by atoms with Crippen LogP contribution in [0.5, 0.6) is 0 Å². The average Bonchev–Trinajstić information content (AvgIpc) is 2.87. The minimum Gasteiger partial charge on any atom is -0.368 e. The van der Waals surface area contributed by atoms with Crippen LogP contribution in [0.4, 0.5) is 5.69 Å². The van der Waals surface area contributed by atoms with Crippen molar-refractivity contribution in [3.05, 3.63) is 47.8 Å². The van der Waals surface area contributed by atoms with Crippen LogP contribution in [0.1, 0.15) is 31.1 Å². The average molecular weight is 258 g/mol. The summed E-state index contributed by atoms with van der Waals surface area (Å²) in [7, 11) is 2.07. The van der Waals surface area contributed by atoms with E-state index in [-0.39, 0.29) is 0 Å². The van der Waals surface area contributed by atoms with Gasteiger partial charge in [0.2, 0.25) is 0 Å². The van der Waals surface area contributed by atoms with Crippen molar-refractivity contribution in [2.24, 2.45) is 5.73 Å². The molecule has 0 radical (unpaired) electrons. The third-order valence-corrected chi connectivity index (χ3v) is 3.21. The van der Waals surface area contributed by atoms with Gasteiger partial charge in [0.15, 0.2) is 0 Å². The van der Waals surface area contributed by atoms with Crippen LogP contribution in [0.25, 0.3) is 0 Å². The summed E-state index contributed by atoms with van der Waals surface area (Å²) in [4.78, 5) is 2.19. The zero-order valence-corrected chi connectivity index (χ0v) is 11.9. The van der Waals surface area contributed by atoms with Crippen LogP contribution in [0.15, 0.2) is 36.5 Å². The predicted molar refractivity (Wildman–Crippen MR) is 79.1 cm³/mol. The van der Waals surface area contributed by atoms with Crippen LogP contribution in [0.2, 0.25) is 0 Å². The maximum Gasteiger partial charge on any atom is 0.0817 e. The number of hydrogen-bond donors (Lipinski definition) is 1. The Kier molecular flexibility index (Phi) is 4.22. The number of anilines is 1. The smallest absolute Gasteiger partial charge is 0.0817 e. The van der Waals surface area contributed by atoms with Gasteiger partial charge in [-0.1, -0.05) is 18.2 Å². The first-order valence-electron chi connectivity index (χ1n) is 6.65. The highest BCUT2D eigenvalue weighted by Gasteiger charge is 2.09. The zero-order valence-electron chi connectivity index (χ0n) is 11.9. The Hall–Kier alpha value is -1.81. The quantitative estimate of drug-likeness (QED) is 0.896. The van der Waals surface area contributed by atoms with Gasteiger partial charge in [-0.25, -0.2) is 0 Å². The first-order valence-corrected chi connectivity index (χ1v) is 6.65. The summed E-state index contributed by atoms with van der Waals surface area (Å²) in [5.41, 5.74) is 9.18. The standard InChI is InChI=1S/C15H22N4/c1-12(2)19-9-8-14(17-19)11-18(3)15-7-5-4-6-13(15)10-16/h4-9,12H,10-11,16H2,1-3H3. The van der Waals surface area contributed by atoms with Crippen molar-refractivity contribution < 1.29 is 0 Å². The molecule has 4 nitrogen and oxygen atoms in total. The molecule has 0 atom stereocenters. The number of hydrogen-bond acceptors (Lipinski definition) is 3. The summed E-state index contributed by atoms with van der Waals surface area (Å²) in [5, 5.41) is 4.57. The Balaban J connectivity index is 2.13.